The Morgan fingerprint density at radius 1 is 1.04 bits per heavy atom. The summed E-state index contributed by atoms with van der Waals surface area (Å²) in [6.45, 7) is 5.20. The molecule has 1 aliphatic heterocycles. The second kappa shape index (κ2) is 6.55. The number of piperazine rings is 1. The molecule has 120 valence electrons. The largest absolute Gasteiger partial charge is 0.464 e. The average molecular weight is 314 g/mol. The topological polar surface area (TPSA) is 84.3 Å². The summed E-state index contributed by atoms with van der Waals surface area (Å²) in [7, 11) is 1.33. The zero-order valence-corrected chi connectivity index (χ0v) is 13.1. The molecule has 0 aliphatic carbocycles. The Kier molecular flexibility index (Phi) is 4.31. The molecule has 0 amide bonds. The van der Waals surface area contributed by atoms with E-state index in [1.165, 1.54) is 7.11 Å². The maximum atomic E-state index is 11.4. The van der Waals surface area contributed by atoms with Crippen LogP contribution in [0.4, 0.5) is 11.6 Å². The molecule has 2 aromatic heterocycles. The number of esters is 1. The van der Waals surface area contributed by atoms with Crippen LogP contribution in [0.15, 0.2) is 24.4 Å². The van der Waals surface area contributed by atoms with Crippen molar-refractivity contribution in [2.45, 2.75) is 6.92 Å². The van der Waals surface area contributed by atoms with Crippen LogP contribution in [0, 0.1) is 6.92 Å². The van der Waals surface area contributed by atoms with Gasteiger partial charge in [-0.15, -0.1) is 10.2 Å². The van der Waals surface area contributed by atoms with Gasteiger partial charge < -0.3 is 14.5 Å². The molecule has 8 heteroatoms. The number of methoxy groups -OCH3 is 1. The lowest BCUT2D eigenvalue weighted by molar-refractivity contribution is 0.0592. The van der Waals surface area contributed by atoms with Crippen LogP contribution in [-0.4, -0.2) is 59.4 Å². The standard InChI is InChI=1S/C15H18N6O2/c1-11-16-6-5-13(17-11)20-7-9-21(10-8-20)14-4-3-12(18-19-14)15(22)23-2/h3-6H,7-10H2,1-2H3. The van der Waals surface area contributed by atoms with Crippen molar-refractivity contribution in [3.05, 3.63) is 35.9 Å². The summed E-state index contributed by atoms with van der Waals surface area (Å²) in [5, 5.41) is 8.03. The van der Waals surface area contributed by atoms with E-state index in [0.717, 1.165) is 43.6 Å². The maximum Gasteiger partial charge on any atom is 0.358 e. The smallest absolute Gasteiger partial charge is 0.358 e. The number of nitrogens with zero attached hydrogens (tertiary/aromatic N) is 6. The lowest BCUT2D eigenvalue weighted by Crippen LogP contribution is -2.47. The summed E-state index contributed by atoms with van der Waals surface area (Å²) < 4.78 is 4.62. The van der Waals surface area contributed by atoms with Crippen molar-refractivity contribution < 1.29 is 9.53 Å². The first-order chi connectivity index (χ1) is 11.2. The van der Waals surface area contributed by atoms with Crippen molar-refractivity contribution in [3.63, 3.8) is 0 Å². The van der Waals surface area contributed by atoms with Gasteiger partial charge in [0.05, 0.1) is 7.11 Å². The maximum absolute atomic E-state index is 11.4. The summed E-state index contributed by atoms with van der Waals surface area (Å²) in [6.07, 6.45) is 1.78. The molecule has 8 nitrogen and oxygen atoms in total. The Bertz CT molecular complexity index is 683. The van der Waals surface area contributed by atoms with Gasteiger partial charge in [0.25, 0.3) is 0 Å². The van der Waals surface area contributed by atoms with Crippen LogP contribution in [0.3, 0.4) is 0 Å². The predicted molar refractivity (Wildman–Crippen MR) is 84.6 cm³/mol. The van der Waals surface area contributed by atoms with Crippen LogP contribution in [0.1, 0.15) is 16.3 Å². The average Bonchev–Trinajstić information content (AvgIpc) is 2.61. The molecule has 0 atom stereocenters. The Hall–Kier alpha value is -2.77. The highest BCUT2D eigenvalue weighted by Gasteiger charge is 2.20. The molecule has 1 saturated heterocycles. The molecule has 0 aromatic carbocycles. The quantitative estimate of drug-likeness (QED) is 0.765. The van der Waals surface area contributed by atoms with Crippen LogP contribution in [0.2, 0.25) is 0 Å². The Morgan fingerprint density at radius 3 is 2.30 bits per heavy atom. The molecule has 0 N–H and O–H groups in total. The molecule has 1 aliphatic rings. The first-order valence-corrected chi connectivity index (χ1v) is 7.39. The van der Waals surface area contributed by atoms with Gasteiger partial charge >= 0.3 is 5.97 Å². The van der Waals surface area contributed by atoms with Gasteiger partial charge in [-0.1, -0.05) is 0 Å². The Balaban J connectivity index is 1.63. The fraction of sp³-hybridized carbons (Fsp3) is 0.400. The third-order valence-corrected chi connectivity index (χ3v) is 3.73. The normalized spacial score (nSPS) is 14.7. The second-order valence-corrected chi connectivity index (χ2v) is 5.20. The molecular weight excluding hydrogens is 296 g/mol. The van der Waals surface area contributed by atoms with Crippen LogP contribution in [-0.2, 0) is 4.74 Å². The number of aryl methyl sites for hydroxylation is 1. The van der Waals surface area contributed by atoms with Gasteiger partial charge in [-0.3, -0.25) is 0 Å². The number of carbonyl (C=O) groups excluding carboxylic acids is 1. The summed E-state index contributed by atoms with van der Waals surface area (Å²) >= 11 is 0. The third-order valence-electron chi connectivity index (χ3n) is 3.73. The second-order valence-electron chi connectivity index (χ2n) is 5.20. The molecule has 3 heterocycles. The number of hydrogen-bond acceptors (Lipinski definition) is 8. The predicted octanol–water partition coefficient (Wildman–Crippen LogP) is 0.688. The van der Waals surface area contributed by atoms with Gasteiger partial charge in [0.1, 0.15) is 11.6 Å². The molecule has 3 rings (SSSR count). The molecule has 0 radical (unpaired) electrons. The van der Waals surface area contributed by atoms with E-state index in [1.54, 1.807) is 18.3 Å². The lowest BCUT2D eigenvalue weighted by atomic mass is 10.3. The zero-order valence-electron chi connectivity index (χ0n) is 13.1. The van der Waals surface area contributed by atoms with E-state index in [4.69, 9.17) is 0 Å². The number of rotatable bonds is 3. The fourth-order valence-corrected chi connectivity index (χ4v) is 2.49. The van der Waals surface area contributed by atoms with Crippen molar-refractivity contribution in [1.29, 1.82) is 0 Å². The van der Waals surface area contributed by atoms with Crippen molar-refractivity contribution in [2.24, 2.45) is 0 Å². The first-order valence-electron chi connectivity index (χ1n) is 7.39. The van der Waals surface area contributed by atoms with E-state index in [1.807, 2.05) is 13.0 Å². The van der Waals surface area contributed by atoms with Crippen molar-refractivity contribution >= 4 is 17.6 Å². The number of hydrogen-bond donors (Lipinski definition) is 0. The van der Waals surface area contributed by atoms with Crippen molar-refractivity contribution in [1.82, 2.24) is 20.2 Å². The Morgan fingerprint density at radius 2 is 1.74 bits per heavy atom. The molecule has 0 saturated carbocycles. The molecular formula is C15H18N6O2. The van der Waals surface area contributed by atoms with Gasteiger partial charge in [0, 0.05) is 32.4 Å². The van der Waals surface area contributed by atoms with Gasteiger partial charge in [0.2, 0.25) is 0 Å². The molecule has 23 heavy (non-hydrogen) atoms. The zero-order chi connectivity index (χ0) is 16.2. The van der Waals surface area contributed by atoms with Gasteiger partial charge in [-0.05, 0) is 25.1 Å². The van der Waals surface area contributed by atoms with E-state index in [9.17, 15) is 4.79 Å². The summed E-state index contributed by atoms with van der Waals surface area (Å²) in [5.74, 6) is 2.00. The molecule has 0 bridgehead atoms. The molecule has 0 unspecified atom stereocenters. The minimum atomic E-state index is -0.479. The third kappa shape index (κ3) is 3.36. The highest BCUT2D eigenvalue weighted by Crippen LogP contribution is 2.17. The highest BCUT2D eigenvalue weighted by molar-refractivity contribution is 5.86. The fourth-order valence-electron chi connectivity index (χ4n) is 2.49. The summed E-state index contributed by atoms with van der Waals surface area (Å²) in [5.41, 5.74) is 0.214. The van der Waals surface area contributed by atoms with Gasteiger partial charge in [0.15, 0.2) is 11.5 Å². The first kappa shape index (κ1) is 15.1. The molecule has 1 fully saturated rings. The van der Waals surface area contributed by atoms with Gasteiger partial charge in [-0.2, -0.15) is 0 Å². The number of anilines is 2. The van der Waals surface area contributed by atoms with E-state index >= 15 is 0 Å². The van der Waals surface area contributed by atoms with Crippen molar-refractivity contribution in [3.8, 4) is 0 Å². The van der Waals surface area contributed by atoms with E-state index in [2.05, 4.69) is 34.7 Å². The van der Waals surface area contributed by atoms with Crippen LogP contribution < -0.4 is 9.80 Å². The Labute approximate surface area is 134 Å². The summed E-state index contributed by atoms with van der Waals surface area (Å²) in [4.78, 5) is 24.3. The molecule has 0 spiro atoms. The van der Waals surface area contributed by atoms with E-state index < -0.39 is 5.97 Å². The van der Waals surface area contributed by atoms with Crippen LogP contribution in [0.5, 0.6) is 0 Å². The lowest BCUT2D eigenvalue weighted by Gasteiger charge is -2.35. The van der Waals surface area contributed by atoms with Crippen LogP contribution >= 0.6 is 0 Å². The van der Waals surface area contributed by atoms with Gasteiger partial charge in [-0.25, -0.2) is 14.8 Å². The minimum absolute atomic E-state index is 0.214. The molecule has 2 aromatic rings. The number of aromatic nitrogens is 4. The highest BCUT2D eigenvalue weighted by atomic mass is 16.5. The van der Waals surface area contributed by atoms with E-state index in [-0.39, 0.29) is 5.69 Å². The monoisotopic (exact) mass is 314 g/mol. The SMILES string of the molecule is COC(=O)c1ccc(N2CCN(c3ccnc(C)n3)CC2)nn1. The number of carbonyl (C=O) groups is 1. The van der Waals surface area contributed by atoms with Crippen LogP contribution in [0.25, 0.3) is 0 Å². The van der Waals surface area contributed by atoms with E-state index in [0.29, 0.717) is 0 Å². The summed E-state index contributed by atoms with van der Waals surface area (Å²) in [6, 6.07) is 5.35. The minimum Gasteiger partial charge on any atom is -0.464 e. The van der Waals surface area contributed by atoms with Crippen molar-refractivity contribution in [2.75, 3.05) is 43.1 Å². The number of ether oxygens (including phenoxy) is 1.